The summed E-state index contributed by atoms with van der Waals surface area (Å²) in [6.45, 7) is 6.00. The van der Waals surface area contributed by atoms with Gasteiger partial charge in [0.15, 0.2) is 6.29 Å². The summed E-state index contributed by atoms with van der Waals surface area (Å²) in [5.41, 5.74) is 1.01. The summed E-state index contributed by atoms with van der Waals surface area (Å²) in [4.78, 5) is 11.4. The molecule has 1 atom stereocenters. The molecule has 1 unspecified atom stereocenters. The number of hydrogen-bond acceptors (Lipinski definition) is 2. The van der Waals surface area contributed by atoms with Gasteiger partial charge in [-0.1, -0.05) is 23.7 Å². The molecule has 2 aromatic rings. The van der Waals surface area contributed by atoms with Crippen LogP contribution in [0.4, 0.5) is 5.69 Å². The van der Waals surface area contributed by atoms with E-state index in [-0.39, 0.29) is 0 Å². The third-order valence-electron chi connectivity index (χ3n) is 2.32. The lowest BCUT2D eigenvalue weighted by Gasteiger charge is -2.08. The van der Waals surface area contributed by atoms with E-state index < -0.39 is 11.0 Å². The fraction of sp³-hybridized carbons (Fsp3) is 0. The fourth-order valence-electron chi connectivity index (χ4n) is 1.41. The van der Waals surface area contributed by atoms with E-state index >= 15 is 0 Å². The summed E-state index contributed by atoms with van der Waals surface area (Å²) >= 11 is 5.76. The summed E-state index contributed by atoms with van der Waals surface area (Å²) in [7, 11) is -1.42. The van der Waals surface area contributed by atoms with Crippen molar-refractivity contribution >= 4 is 34.6 Å². The highest BCUT2D eigenvalue weighted by Crippen LogP contribution is 2.17. The van der Waals surface area contributed by atoms with Gasteiger partial charge in [0.2, 0.25) is 0 Å². The van der Waals surface area contributed by atoms with Crippen LogP contribution in [-0.4, -0.2) is 10.5 Å². The number of hydrogen-bond donors (Lipinski definition) is 1. The molecular formula is C15H14ClNO2S. The van der Waals surface area contributed by atoms with E-state index in [4.69, 9.17) is 11.6 Å². The molecule has 0 aliphatic heterocycles. The van der Waals surface area contributed by atoms with Crippen molar-refractivity contribution in [2.24, 2.45) is 0 Å². The number of carbonyl (C=O) groups is 1. The molecule has 0 radical (unpaired) electrons. The Morgan fingerprint density at radius 2 is 1.65 bits per heavy atom. The quantitative estimate of drug-likeness (QED) is 0.683. The summed E-state index contributed by atoms with van der Waals surface area (Å²) in [5.74, 6) is 0. The summed E-state index contributed by atoms with van der Waals surface area (Å²) in [5, 5.41) is 0.587. The third kappa shape index (κ3) is 4.33. The molecule has 0 saturated heterocycles. The number of para-hydroxylation sites is 1. The van der Waals surface area contributed by atoms with Crippen LogP contribution in [0.1, 0.15) is 10.4 Å². The van der Waals surface area contributed by atoms with Crippen molar-refractivity contribution in [3.8, 4) is 0 Å². The number of rotatable bonds is 4. The SMILES string of the molecule is C=C.O=Cc1ccccc1NS(=O)c1ccc(Cl)cc1. The molecule has 20 heavy (non-hydrogen) atoms. The number of aldehydes is 1. The summed E-state index contributed by atoms with van der Waals surface area (Å²) < 4.78 is 14.8. The van der Waals surface area contributed by atoms with Gasteiger partial charge in [-0.2, -0.15) is 0 Å². The van der Waals surface area contributed by atoms with E-state index in [1.807, 2.05) is 0 Å². The molecule has 1 N–H and O–H groups in total. The Balaban J connectivity index is 0.000000956. The molecule has 0 aliphatic carbocycles. The van der Waals surface area contributed by atoms with Gasteiger partial charge in [0.25, 0.3) is 0 Å². The largest absolute Gasteiger partial charge is 0.300 e. The molecule has 0 saturated carbocycles. The molecule has 0 aliphatic rings. The van der Waals surface area contributed by atoms with Crippen LogP contribution in [0.5, 0.6) is 0 Å². The molecule has 5 heteroatoms. The second-order valence-corrected chi connectivity index (χ2v) is 5.18. The lowest BCUT2D eigenvalue weighted by Crippen LogP contribution is -2.06. The molecule has 0 spiro atoms. The molecular weight excluding hydrogens is 294 g/mol. The average Bonchev–Trinajstić information content (AvgIpc) is 2.50. The Morgan fingerprint density at radius 1 is 1.05 bits per heavy atom. The van der Waals surface area contributed by atoms with Crippen LogP contribution in [0.3, 0.4) is 0 Å². The number of carbonyl (C=O) groups excluding carboxylic acids is 1. The van der Waals surface area contributed by atoms with Crippen LogP contribution >= 0.6 is 11.6 Å². The number of nitrogens with one attached hydrogen (secondary N) is 1. The first-order valence-corrected chi connectivity index (χ1v) is 7.21. The van der Waals surface area contributed by atoms with Gasteiger partial charge in [-0.05, 0) is 36.4 Å². The third-order valence-corrected chi connectivity index (χ3v) is 3.68. The second kappa shape index (κ2) is 8.30. The smallest absolute Gasteiger partial charge is 0.152 e. The Kier molecular flexibility index (Phi) is 6.70. The zero-order chi connectivity index (χ0) is 15.0. The van der Waals surface area contributed by atoms with Gasteiger partial charge >= 0.3 is 0 Å². The Bertz CT molecular complexity index is 599. The predicted molar refractivity (Wildman–Crippen MR) is 84.6 cm³/mol. The van der Waals surface area contributed by atoms with E-state index in [2.05, 4.69) is 17.9 Å². The van der Waals surface area contributed by atoms with Crippen LogP contribution in [0, 0.1) is 0 Å². The highest BCUT2D eigenvalue weighted by Gasteiger charge is 2.06. The molecule has 0 bridgehead atoms. The molecule has 2 aromatic carbocycles. The Labute approximate surface area is 125 Å². The maximum absolute atomic E-state index is 12.0. The summed E-state index contributed by atoms with van der Waals surface area (Å²) in [6, 6.07) is 13.6. The van der Waals surface area contributed by atoms with Crippen LogP contribution in [0.15, 0.2) is 66.6 Å². The van der Waals surface area contributed by atoms with E-state index in [1.54, 1.807) is 48.5 Å². The fourth-order valence-corrected chi connectivity index (χ4v) is 2.42. The monoisotopic (exact) mass is 307 g/mol. The zero-order valence-electron chi connectivity index (χ0n) is 10.7. The predicted octanol–water partition coefficient (Wildman–Crippen LogP) is 4.09. The lowest BCUT2D eigenvalue weighted by atomic mass is 10.2. The molecule has 104 valence electrons. The van der Waals surface area contributed by atoms with Gasteiger partial charge in [0.1, 0.15) is 11.0 Å². The van der Waals surface area contributed by atoms with Crippen molar-refractivity contribution in [3.63, 3.8) is 0 Å². The van der Waals surface area contributed by atoms with Gasteiger partial charge in [-0.3, -0.25) is 4.79 Å². The maximum Gasteiger partial charge on any atom is 0.152 e. The first kappa shape index (κ1) is 16.1. The van der Waals surface area contributed by atoms with E-state index in [0.29, 0.717) is 21.2 Å². The average molecular weight is 308 g/mol. The molecule has 0 heterocycles. The topological polar surface area (TPSA) is 46.2 Å². The van der Waals surface area contributed by atoms with Crippen molar-refractivity contribution < 1.29 is 9.00 Å². The Hall–Kier alpha value is -1.91. The number of halogens is 1. The van der Waals surface area contributed by atoms with Gasteiger partial charge in [-0.15, -0.1) is 13.2 Å². The Morgan fingerprint density at radius 3 is 2.25 bits per heavy atom. The van der Waals surface area contributed by atoms with Crippen LogP contribution in [0.2, 0.25) is 5.02 Å². The second-order valence-electron chi connectivity index (χ2n) is 3.53. The van der Waals surface area contributed by atoms with Gasteiger partial charge in [-0.25, -0.2) is 4.21 Å². The maximum atomic E-state index is 12.0. The first-order chi connectivity index (χ1) is 9.70. The molecule has 0 fully saturated rings. The molecule has 2 rings (SSSR count). The van der Waals surface area contributed by atoms with Gasteiger partial charge < -0.3 is 4.72 Å². The first-order valence-electron chi connectivity index (χ1n) is 5.69. The minimum atomic E-state index is -1.42. The highest BCUT2D eigenvalue weighted by atomic mass is 35.5. The van der Waals surface area contributed by atoms with Crippen molar-refractivity contribution in [3.05, 3.63) is 72.3 Å². The van der Waals surface area contributed by atoms with Crippen molar-refractivity contribution in [2.75, 3.05) is 4.72 Å². The van der Waals surface area contributed by atoms with Crippen LogP contribution in [-0.2, 0) is 11.0 Å². The van der Waals surface area contributed by atoms with Gasteiger partial charge in [0.05, 0.1) is 10.6 Å². The molecule has 0 aromatic heterocycles. The van der Waals surface area contributed by atoms with Crippen molar-refractivity contribution in [1.82, 2.24) is 0 Å². The van der Waals surface area contributed by atoms with E-state index in [0.717, 1.165) is 6.29 Å². The summed E-state index contributed by atoms with van der Waals surface area (Å²) in [6.07, 6.45) is 0.724. The standard InChI is InChI=1S/C13H10ClNO2S.C2H4/c14-11-5-7-12(8-6-11)18(17)15-13-4-2-1-3-10(13)9-16;1-2/h1-9,15H;1-2H2. The van der Waals surface area contributed by atoms with Crippen molar-refractivity contribution in [1.29, 1.82) is 0 Å². The van der Waals surface area contributed by atoms with E-state index in [9.17, 15) is 9.00 Å². The molecule has 0 amide bonds. The van der Waals surface area contributed by atoms with Crippen molar-refractivity contribution in [2.45, 2.75) is 4.90 Å². The normalized spacial score (nSPS) is 10.8. The highest BCUT2D eigenvalue weighted by molar-refractivity contribution is 7.86. The minimum absolute atomic E-state index is 0.472. The minimum Gasteiger partial charge on any atom is -0.300 e. The number of anilines is 1. The van der Waals surface area contributed by atoms with Crippen LogP contribution < -0.4 is 4.72 Å². The number of benzene rings is 2. The van der Waals surface area contributed by atoms with Crippen LogP contribution in [0.25, 0.3) is 0 Å². The molecule has 3 nitrogen and oxygen atoms in total. The van der Waals surface area contributed by atoms with Gasteiger partial charge in [0, 0.05) is 10.6 Å². The zero-order valence-corrected chi connectivity index (χ0v) is 12.3. The lowest BCUT2D eigenvalue weighted by molar-refractivity contribution is 0.112. The van der Waals surface area contributed by atoms with E-state index in [1.165, 1.54) is 0 Å².